The summed E-state index contributed by atoms with van der Waals surface area (Å²) in [5.41, 5.74) is 3.46. The Morgan fingerprint density at radius 3 is 2.38 bits per heavy atom. The topological polar surface area (TPSA) is 63.1 Å². The zero-order valence-electron chi connectivity index (χ0n) is 18.2. The number of phenols is 1. The predicted octanol–water partition coefficient (Wildman–Crippen LogP) is 5.55. The molecule has 0 unspecified atom stereocenters. The molecule has 32 heavy (non-hydrogen) atoms. The van der Waals surface area contributed by atoms with Crippen molar-refractivity contribution in [3.05, 3.63) is 89.2 Å². The Morgan fingerprint density at radius 1 is 0.969 bits per heavy atom. The molecule has 1 heterocycles. The molecule has 0 radical (unpaired) electrons. The second kappa shape index (κ2) is 9.83. The predicted molar refractivity (Wildman–Crippen MR) is 123 cm³/mol. The molecule has 3 aromatic carbocycles. The number of aliphatic imine (C=N–C) groups is 1. The minimum atomic E-state index is -0.383. The number of rotatable bonds is 7. The summed E-state index contributed by atoms with van der Waals surface area (Å²) in [5, 5.41) is 14.3. The fraction of sp³-hybridized carbons (Fsp3) is 0.269. The van der Waals surface area contributed by atoms with Crippen LogP contribution in [-0.4, -0.2) is 24.0 Å². The normalized spacial score (nSPS) is 18.2. The zero-order chi connectivity index (χ0) is 22.5. The van der Waals surface area contributed by atoms with Crippen molar-refractivity contribution in [1.82, 2.24) is 5.32 Å². The van der Waals surface area contributed by atoms with E-state index in [2.05, 4.69) is 5.32 Å². The second-order valence-electron chi connectivity index (χ2n) is 7.54. The molecular formula is C26H27FN2O3. The Morgan fingerprint density at radius 2 is 1.69 bits per heavy atom. The van der Waals surface area contributed by atoms with Crippen molar-refractivity contribution in [3.63, 3.8) is 0 Å². The van der Waals surface area contributed by atoms with Crippen molar-refractivity contribution in [2.24, 2.45) is 4.99 Å². The molecule has 2 atom stereocenters. The number of nitrogens with one attached hydrogen (secondary N) is 1. The monoisotopic (exact) mass is 434 g/mol. The highest BCUT2D eigenvalue weighted by atomic mass is 19.1. The fourth-order valence-electron chi connectivity index (χ4n) is 3.90. The first-order valence-electron chi connectivity index (χ1n) is 10.8. The maximum atomic E-state index is 13.5. The van der Waals surface area contributed by atoms with E-state index in [0.29, 0.717) is 25.4 Å². The van der Waals surface area contributed by atoms with Crippen LogP contribution in [0.3, 0.4) is 0 Å². The lowest BCUT2D eigenvalue weighted by molar-refractivity contribution is 0.313. The van der Waals surface area contributed by atoms with Crippen LogP contribution in [-0.2, 0) is 0 Å². The molecule has 4 rings (SSSR count). The number of benzene rings is 3. The molecule has 166 valence electrons. The molecule has 0 fully saturated rings. The zero-order valence-corrected chi connectivity index (χ0v) is 18.2. The largest absolute Gasteiger partial charge is 0.504 e. The number of halogens is 1. The highest BCUT2D eigenvalue weighted by Crippen LogP contribution is 2.39. The maximum Gasteiger partial charge on any atom is 0.162 e. The number of hydrogen-bond donors (Lipinski definition) is 2. The van der Waals surface area contributed by atoms with E-state index < -0.39 is 0 Å². The average molecular weight is 435 g/mol. The Balaban J connectivity index is 1.71. The molecule has 1 aliphatic heterocycles. The van der Waals surface area contributed by atoms with Crippen LogP contribution in [0.25, 0.3) is 0 Å². The van der Waals surface area contributed by atoms with Gasteiger partial charge in [-0.3, -0.25) is 10.3 Å². The van der Waals surface area contributed by atoms with Gasteiger partial charge in [0.25, 0.3) is 0 Å². The summed E-state index contributed by atoms with van der Waals surface area (Å²) in [6.07, 6.45) is 0.195. The average Bonchev–Trinajstić information content (AvgIpc) is 2.81. The number of aromatic hydroxyl groups is 1. The number of hydrogen-bond acceptors (Lipinski definition) is 5. The number of para-hydroxylation sites is 1. The number of phenolic OH excluding ortho intramolecular Hbond substituents is 1. The molecule has 5 nitrogen and oxygen atoms in total. The molecule has 6 heteroatoms. The molecule has 0 bridgehead atoms. The van der Waals surface area contributed by atoms with E-state index in [1.165, 1.54) is 12.1 Å². The van der Waals surface area contributed by atoms with Crippen molar-refractivity contribution < 1.29 is 19.0 Å². The van der Waals surface area contributed by atoms with E-state index in [1.54, 1.807) is 18.2 Å². The van der Waals surface area contributed by atoms with Crippen LogP contribution in [0.2, 0.25) is 0 Å². The van der Waals surface area contributed by atoms with Gasteiger partial charge in [0.2, 0.25) is 0 Å². The maximum absolute atomic E-state index is 13.5. The van der Waals surface area contributed by atoms with Crippen LogP contribution in [0, 0.1) is 5.82 Å². The minimum absolute atomic E-state index is 0.123. The summed E-state index contributed by atoms with van der Waals surface area (Å²) in [5.74, 6) is 1.09. The Hall–Kier alpha value is -3.38. The first-order chi connectivity index (χ1) is 15.6. The summed E-state index contributed by atoms with van der Waals surface area (Å²) in [7, 11) is 0. The van der Waals surface area contributed by atoms with Crippen molar-refractivity contribution in [3.8, 4) is 17.2 Å². The highest BCUT2D eigenvalue weighted by molar-refractivity contribution is 6.01. The smallest absolute Gasteiger partial charge is 0.162 e. The quantitative estimate of drug-likeness (QED) is 0.512. The van der Waals surface area contributed by atoms with Gasteiger partial charge in [-0.1, -0.05) is 24.3 Å². The Kier molecular flexibility index (Phi) is 6.71. The van der Waals surface area contributed by atoms with Gasteiger partial charge in [-0.15, -0.1) is 0 Å². The number of ether oxygens (including phenoxy) is 2. The van der Waals surface area contributed by atoms with Gasteiger partial charge < -0.3 is 14.6 Å². The molecule has 0 saturated carbocycles. The van der Waals surface area contributed by atoms with Crippen LogP contribution in [0.15, 0.2) is 71.7 Å². The SMILES string of the molecule is CCOc1ccc(C2=N[C@@H](c3ccc(F)cc3)N[C@H](c3cccc(OCC)c3O)C2)cc1. The van der Waals surface area contributed by atoms with Gasteiger partial charge in [-0.05, 0) is 67.4 Å². The van der Waals surface area contributed by atoms with Crippen LogP contribution >= 0.6 is 0 Å². The standard InChI is InChI=1S/C26H27FN2O3/c1-3-31-20-14-10-17(11-15-20)22-16-23(21-6-5-7-24(25(21)30)32-4-2)29-26(28-22)18-8-12-19(27)13-9-18/h5-15,23,26,29-30H,3-4,16H2,1-2H3/t23-,26+/m0/s1. The van der Waals surface area contributed by atoms with Gasteiger partial charge in [-0.25, -0.2) is 4.39 Å². The van der Waals surface area contributed by atoms with Gasteiger partial charge in [0.1, 0.15) is 17.7 Å². The van der Waals surface area contributed by atoms with Gasteiger partial charge >= 0.3 is 0 Å². The fourth-order valence-corrected chi connectivity index (χ4v) is 3.90. The Labute approximate surface area is 187 Å². The lowest BCUT2D eigenvalue weighted by Crippen LogP contribution is -2.33. The van der Waals surface area contributed by atoms with E-state index in [9.17, 15) is 9.50 Å². The lowest BCUT2D eigenvalue weighted by atomic mass is 9.93. The third-order valence-corrected chi connectivity index (χ3v) is 5.43. The van der Waals surface area contributed by atoms with Crippen LogP contribution < -0.4 is 14.8 Å². The molecule has 3 aromatic rings. The van der Waals surface area contributed by atoms with E-state index in [0.717, 1.165) is 28.2 Å². The van der Waals surface area contributed by atoms with Gasteiger partial charge in [-0.2, -0.15) is 0 Å². The molecule has 0 amide bonds. The summed E-state index contributed by atoms with van der Waals surface area (Å²) >= 11 is 0. The van der Waals surface area contributed by atoms with Crippen molar-refractivity contribution in [1.29, 1.82) is 0 Å². The van der Waals surface area contributed by atoms with Crippen LogP contribution in [0.4, 0.5) is 4.39 Å². The summed E-state index contributed by atoms with van der Waals surface area (Å²) in [4.78, 5) is 4.92. The van der Waals surface area contributed by atoms with E-state index in [-0.39, 0.29) is 23.8 Å². The van der Waals surface area contributed by atoms with Crippen molar-refractivity contribution >= 4 is 5.71 Å². The first kappa shape index (κ1) is 21.8. The van der Waals surface area contributed by atoms with Crippen molar-refractivity contribution in [2.45, 2.75) is 32.5 Å². The van der Waals surface area contributed by atoms with Crippen LogP contribution in [0.1, 0.15) is 49.2 Å². The lowest BCUT2D eigenvalue weighted by Gasteiger charge is -2.31. The molecule has 0 spiro atoms. The van der Waals surface area contributed by atoms with E-state index in [4.69, 9.17) is 14.5 Å². The van der Waals surface area contributed by atoms with Gasteiger partial charge in [0.05, 0.1) is 13.2 Å². The van der Waals surface area contributed by atoms with Crippen LogP contribution in [0.5, 0.6) is 17.2 Å². The minimum Gasteiger partial charge on any atom is -0.504 e. The van der Waals surface area contributed by atoms with Crippen molar-refractivity contribution in [2.75, 3.05) is 13.2 Å². The third-order valence-electron chi connectivity index (χ3n) is 5.43. The molecule has 1 aliphatic rings. The molecular weight excluding hydrogens is 407 g/mol. The highest BCUT2D eigenvalue weighted by Gasteiger charge is 2.28. The Bertz CT molecular complexity index is 1080. The molecule has 0 aliphatic carbocycles. The molecule has 0 aromatic heterocycles. The number of nitrogens with zero attached hydrogens (tertiary/aromatic N) is 1. The summed E-state index contributed by atoms with van der Waals surface area (Å²) < 4.78 is 24.6. The summed E-state index contributed by atoms with van der Waals surface area (Å²) in [6, 6.07) is 19.5. The molecule has 2 N–H and O–H groups in total. The molecule has 0 saturated heterocycles. The third kappa shape index (κ3) is 4.75. The summed E-state index contributed by atoms with van der Waals surface area (Å²) in [6.45, 7) is 4.90. The first-order valence-corrected chi connectivity index (χ1v) is 10.8. The van der Waals surface area contributed by atoms with E-state index in [1.807, 2.05) is 50.2 Å². The van der Waals surface area contributed by atoms with E-state index >= 15 is 0 Å². The van der Waals surface area contributed by atoms with Gasteiger partial charge in [0.15, 0.2) is 11.5 Å². The van der Waals surface area contributed by atoms with Gasteiger partial charge in [0, 0.05) is 23.7 Å². The second-order valence-corrected chi connectivity index (χ2v) is 7.54.